The van der Waals surface area contributed by atoms with Gasteiger partial charge in [0.15, 0.2) is 0 Å². The van der Waals surface area contributed by atoms with Gasteiger partial charge in [-0.15, -0.1) is 0 Å². The van der Waals surface area contributed by atoms with Crippen LogP contribution in [0.1, 0.15) is 17.9 Å². The van der Waals surface area contributed by atoms with Crippen LogP contribution >= 0.6 is 0 Å². The summed E-state index contributed by atoms with van der Waals surface area (Å²) in [7, 11) is 0. The van der Waals surface area contributed by atoms with Crippen LogP contribution in [0.4, 0.5) is 18.9 Å². The molecule has 0 radical (unpaired) electrons. The summed E-state index contributed by atoms with van der Waals surface area (Å²) in [4.78, 5) is 26.5. The maximum atomic E-state index is 13.4. The minimum absolute atomic E-state index is 0.0722. The lowest BCUT2D eigenvalue weighted by Gasteiger charge is -2.35. The van der Waals surface area contributed by atoms with Gasteiger partial charge in [0.2, 0.25) is 5.91 Å². The first kappa shape index (κ1) is 19.9. The Bertz CT molecular complexity index is 1130. The third-order valence-corrected chi connectivity index (χ3v) is 5.16. The highest BCUT2D eigenvalue weighted by Crippen LogP contribution is 2.44. The second kappa shape index (κ2) is 7.78. The molecule has 1 amide bonds. The molecule has 2 aromatic carbocycles. The fourth-order valence-corrected chi connectivity index (χ4v) is 3.70. The van der Waals surface area contributed by atoms with Gasteiger partial charge in [0.05, 0.1) is 11.6 Å². The highest BCUT2D eigenvalue weighted by Gasteiger charge is 2.44. The molecule has 1 aliphatic heterocycles. The summed E-state index contributed by atoms with van der Waals surface area (Å²) in [6.45, 7) is -0.433. The number of nitrogens with zero attached hydrogens (tertiary/aromatic N) is 3. The number of hydrogen-bond donors (Lipinski definition) is 0. The van der Waals surface area contributed by atoms with Gasteiger partial charge in [-0.2, -0.15) is 18.3 Å². The van der Waals surface area contributed by atoms with E-state index in [2.05, 4.69) is 5.10 Å². The van der Waals surface area contributed by atoms with E-state index in [0.717, 1.165) is 10.2 Å². The summed E-state index contributed by atoms with van der Waals surface area (Å²) in [6, 6.07) is 18.1. The van der Waals surface area contributed by atoms with Gasteiger partial charge < -0.3 is 4.90 Å². The number of benzene rings is 2. The molecule has 0 saturated carbocycles. The average molecular weight is 413 g/mol. The molecule has 2 heterocycles. The first-order chi connectivity index (χ1) is 14.3. The van der Waals surface area contributed by atoms with Crippen LogP contribution in [0.2, 0.25) is 0 Å². The number of carbonyl (C=O) groups excluding carboxylic acids is 1. The van der Waals surface area contributed by atoms with Crippen LogP contribution in [-0.2, 0) is 11.3 Å². The van der Waals surface area contributed by atoms with Crippen molar-refractivity contribution in [1.82, 2.24) is 9.78 Å². The van der Waals surface area contributed by atoms with Gasteiger partial charge in [0, 0.05) is 23.9 Å². The van der Waals surface area contributed by atoms with Crippen molar-refractivity contribution in [3.05, 3.63) is 82.6 Å². The summed E-state index contributed by atoms with van der Waals surface area (Å²) in [6.07, 6.45) is -4.60. The van der Waals surface area contributed by atoms with Crippen molar-refractivity contribution in [2.45, 2.75) is 25.1 Å². The monoisotopic (exact) mass is 413 g/mol. The second-order valence-corrected chi connectivity index (χ2v) is 7.07. The number of alkyl halides is 3. The molecule has 1 aromatic heterocycles. The molecule has 4 rings (SSSR count). The highest BCUT2D eigenvalue weighted by atomic mass is 19.4. The Kier molecular flexibility index (Phi) is 5.15. The van der Waals surface area contributed by atoms with Crippen LogP contribution in [0.25, 0.3) is 11.3 Å². The Labute approximate surface area is 170 Å². The molecule has 0 N–H and O–H groups in total. The molecule has 0 saturated heterocycles. The second-order valence-electron chi connectivity index (χ2n) is 7.07. The zero-order valence-corrected chi connectivity index (χ0v) is 15.8. The third kappa shape index (κ3) is 3.85. The van der Waals surface area contributed by atoms with Gasteiger partial charge >= 0.3 is 6.18 Å². The van der Waals surface area contributed by atoms with E-state index in [-0.39, 0.29) is 30.8 Å². The zero-order chi connectivity index (χ0) is 21.3. The lowest BCUT2D eigenvalue weighted by atomic mass is 9.89. The standard InChI is InChI=1S/C22H18F3N3O2/c23-22(24,25)17-12-13-27(19-9-5-4-8-16(17)19)21(30)14-28-20(29)11-10-18(26-28)15-6-2-1-3-7-15/h1-11,17H,12-14H2. The number of rotatable bonds is 3. The van der Waals surface area contributed by atoms with E-state index < -0.39 is 23.6 Å². The molecule has 0 fully saturated rings. The maximum Gasteiger partial charge on any atom is 0.395 e. The molecular weight excluding hydrogens is 395 g/mol. The van der Waals surface area contributed by atoms with Gasteiger partial charge in [-0.25, -0.2) is 4.68 Å². The normalized spacial score (nSPS) is 16.2. The van der Waals surface area contributed by atoms with Gasteiger partial charge in [-0.05, 0) is 24.1 Å². The molecule has 30 heavy (non-hydrogen) atoms. The number of fused-ring (bicyclic) bond motifs is 1. The van der Waals surface area contributed by atoms with E-state index in [0.29, 0.717) is 5.69 Å². The Hall–Kier alpha value is -3.42. The highest BCUT2D eigenvalue weighted by molar-refractivity contribution is 5.94. The molecular formula is C22H18F3N3O2. The molecule has 1 atom stereocenters. The van der Waals surface area contributed by atoms with Crippen molar-refractivity contribution in [3.63, 3.8) is 0 Å². The molecule has 3 aromatic rings. The van der Waals surface area contributed by atoms with Crippen molar-refractivity contribution in [2.75, 3.05) is 11.4 Å². The summed E-state index contributed by atoms with van der Waals surface area (Å²) in [5.74, 6) is -2.09. The molecule has 1 unspecified atom stereocenters. The lowest BCUT2D eigenvalue weighted by Crippen LogP contribution is -2.42. The third-order valence-electron chi connectivity index (χ3n) is 5.16. The predicted octanol–water partition coefficient (Wildman–Crippen LogP) is 3.99. The van der Waals surface area contributed by atoms with Crippen molar-refractivity contribution < 1.29 is 18.0 Å². The molecule has 0 aliphatic carbocycles. The van der Waals surface area contributed by atoms with Gasteiger partial charge in [-0.1, -0.05) is 48.5 Å². The maximum absolute atomic E-state index is 13.4. The molecule has 154 valence electrons. The van der Waals surface area contributed by atoms with Gasteiger partial charge in [0.25, 0.3) is 5.56 Å². The number of halogens is 3. The number of para-hydroxylation sites is 1. The van der Waals surface area contributed by atoms with Crippen LogP contribution in [0.3, 0.4) is 0 Å². The summed E-state index contributed by atoms with van der Waals surface area (Å²) in [5.41, 5.74) is 1.15. The van der Waals surface area contributed by atoms with E-state index in [1.54, 1.807) is 12.1 Å². The molecule has 1 aliphatic rings. The number of amides is 1. The average Bonchev–Trinajstić information content (AvgIpc) is 2.74. The van der Waals surface area contributed by atoms with Crippen LogP contribution in [0.15, 0.2) is 71.5 Å². The number of carbonyl (C=O) groups is 1. The van der Waals surface area contributed by atoms with Crippen LogP contribution in [0.5, 0.6) is 0 Å². The van der Waals surface area contributed by atoms with Crippen molar-refractivity contribution in [3.8, 4) is 11.3 Å². The van der Waals surface area contributed by atoms with Crippen LogP contribution in [-0.4, -0.2) is 28.4 Å². The van der Waals surface area contributed by atoms with E-state index in [1.165, 1.54) is 29.2 Å². The number of hydrogen-bond acceptors (Lipinski definition) is 3. The van der Waals surface area contributed by atoms with Crippen molar-refractivity contribution in [1.29, 1.82) is 0 Å². The quantitative estimate of drug-likeness (QED) is 0.653. The molecule has 8 heteroatoms. The largest absolute Gasteiger partial charge is 0.395 e. The zero-order valence-electron chi connectivity index (χ0n) is 15.8. The minimum Gasteiger partial charge on any atom is -0.310 e. The molecule has 5 nitrogen and oxygen atoms in total. The summed E-state index contributed by atoms with van der Waals surface area (Å²) >= 11 is 0. The summed E-state index contributed by atoms with van der Waals surface area (Å²) in [5, 5.41) is 4.26. The van der Waals surface area contributed by atoms with Gasteiger partial charge in [0.1, 0.15) is 6.54 Å². The molecule has 0 bridgehead atoms. The SMILES string of the molecule is O=C(Cn1nc(-c2ccccc2)ccc1=O)N1CCC(C(F)(F)F)c2ccccc21. The Morgan fingerprint density at radius 2 is 1.70 bits per heavy atom. The van der Waals surface area contributed by atoms with E-state index >= 15 is 0 Å². The topological polar surface area (TPSA) is 55.2 Å². The molecule has 0 spiro atoms. The number of anilines is 1. The predicted molar refractivity (Wildman–Crippen MR) is 106 cm³/mol. The van der Waals surface area contributed by atoms with E-state index in [4.69, 9.17) is 0 Å². The van der Waals surface area contributed by atoms with E-state index in [9.17, 15) is 22.8 Å². The Morgan fingerprint density at radius 1 is 1.00 bits per heavy atom. The number of aromatic nitrogens is 2. The van der Waals surface area contributed by atoms with Crippen LogP contribution in [0, 0.1) is 0 Å². The first-order valence-electron chi connectivity index (χ1n) is 9.44. The van der Waals surface area contributed by atoms with Crippen molar-refractivity contribution >= 4 is 11.6 Å². The van der Waals surface area contributed by atoms with E-state index in [1.807, 2.05) is 30.3 Å². The lowest BCUT2D eigenvalue weighted by molar-refractivity contribution is -0.152. The van der Waals surface area contributed by atoms with Gasteiger partial charge in [-0.3, -0.25) is 9.59 Å². The minimum atomic E-state index is -4.38. The van der Waals surface area contributed by atoms with Crippen LogP contribution < -0.4 is 10.5 Å². The summed E-state index contributed by atoms with van der Waals surface area (Å²) < 4.78 is 41.2. The first-order valence-corrected chi connectivity index (χ1v) is 9.44. The smallest absolute Gasteiger partial charge is 0.310 e. The fourth-order valence-electron chi connectivity index (χ4n) is 3.70. The Morgan fingerprint density at radius 3 is 2.43 bits per heavy atom. The van der Waals surface area contributed by atoms with Crippen molar-refractivity contribution in [2.24, 2.45) is 0 Å². The fraction of sp³-hybridized carbons (Fsp3) is 0.227. The Balaban J connectivity index is 1.63.